The summed E-state index contributed by atoms with van der Waals surface area (Å²) in [5.74, 6) is 0.137. The van der Waals surface area contributed by atoms with Crippen LogP contribution in [0.2, 0.25) is 0 Å². The van der Waals surface area contributed by atoms with E-state index >= 15 is 0 Å². The molecule has 2 aliphatic rings. The second-order valence-corrected chi connectivity index (χ2v) is 10.0. The average Bonchev–Trinajstić information content (AvgIpc) is 3.22. The van der Waals surface area contributed by atoms with Crippen LogP contribution in [0.4, 0.5) is 0 Å². The van der Waals surface area contributed by atoms with Crippen molar-refractivity contribution in [2.45, 2.75) is 64.7 Å². The SMILES string of the molecule is Cc1ccc(CN2CCC3(CC2)CN(C(C)C)C(C(=O)N(C)C)c2cncn23)cc1C. The summed E-state index contributed by atoms with van der Waals surface area (Å²) in [7, 11) is 3.69. The lowest BCUT2D eigenvalue weighted by atomic mass is 9.82. The number of carbonyl (C=O) groups is 1. The standard InChI is InChI=1S/C25H37N5O/c1-18(2)29-16-25(30-17-26-14-22(30)23(29)24(31)27(5)6)9-11-28(12-10-25)15-21-8-7-19(3)20(4)13-21/h7-8,13-14,17-18,23H,9-12,15-16H2,1-6H3. The van der Waals surface area contributed by atoms with Crippen molar-refractivity contribution in [3.05, 3.63) is 53.1 Å². The summed E-state index contributed by atoms with van der Waals surface area (Å²) in [5, 5.41) is 0. The van der Waals surface area contributed by atoms with Crippen molar-refractivity contribution in [1.29, 1.82) is 0 Å². The molecule has 6 heteroatoms. The summed E-state index contributed by atoms with van der Waals surface area (Å²) in [5.41, 5.74) is 5.17. The molecule has 4 rings (SSSR count). The zero-order chi connectivity index (χ0) is 22.3. The maximum atomic E-state index is 13.1. The highest BCUT2D eigenvalue weighted by Crippen LogP contribution is 2.42. The van der Waals surface area contributed by atoms with Gasteiger partial charge < -0.3 is 9.47 Å². The summed E-state index contributed by atoms with van der Waals surface area (Å²) in [6.45, 7) is 12.8. The van der Waals surface area contributed by atoms with Gasteiger partial charge >= 0.3 is 0 Å². The Morgan fingerprint density at radius 1 is 1.19 bits per heavy atom. The van der Waals surface area contributed by atoms with Crippen molar-refractivity contribution >= 4 is 5.91 Å². The van der Waals surface area contributed by atoms with Gasteiger partial charge in [-0.2, -0.15) is 0 Å². The highest BCUT2D eigenvalue weighted by atomic mass is 16.2. The van der Waals surface area contributed by atoms with Crippen LogP contribution < -0.4 is 0 Å². The average molecular weight is 424 g/mol. The first kappa shape index (κ1) is 22.0. The van der Waals surface area contributed by atoms with E-state index in [9.17, 15) is 4.79 Å². The van der Waals surface area contributed by atoms with Gasteiger partial charge in [0.25, 0.3) is 0 Å². The Morgan fingerprint density at radius 2 is 1.90 bits per heavy atom. The number of hydrogen-bond donors (Lipinski definition) is 0. The fourth-order valence-corrected chi connectivity index (χ4v) is 5.26. The molecule has 168 valence electrons. The molecule has 6 nitrogen and oxygen atoms in total. The molecule has 1 aromatic carbocycles. The number of imidazole rings is 1. The van der Waals surface area contributed by atoms with Crippen LogP contribution in [-0.4, -0.2) is 69.9 Å². The van der Waals surface area contributed by atoms with E-state index < -0.39 is 0 Å². The van der Waals surface area contributed by atoms with Crippen LogP contribution in [0.15, 0.2) is 30.7 Å². The van der Waals surface area contributed by atoms with Gasteiger partial charge in [-0.25, -0.2) is 4.98 Å². The van der Waals surface area contributed by atoms with E-state index in [0.29, 0.717) is 6.04 Å². The van der Waals surface area contributed by atoms with Gasteiger partial charge in [0.2, 0.25) is 5.91 Å². The summed E-state index contributed by atoms with van der Waals surface area (Å²) in [6, 6.07) is 6.86. The number of benzene rings is 1. The molecule has 0 radical (unpaired) electrons. The van der Waals surface area contributed by atoms with Crippen molar-refractivity contribution in [1.82, 2.24) is 24.3 Å². The Bertz CT molecular complexity index is 939. The van der Waals surface area contributed by atoms with Crippen molar-refractivity contribution in [3.63, 3.8) is 0 Å². The van der Waals surface area contributed by atoms with Gasteiger partial charge in [-0.05, 0) is 57.2 Å². The number of likely N-dealkylation sites (N-methyl/N-ethyl adjacent to an activating group) is 1. The van der Waals surface area contributed by atoms with Crippen molar-refractivity contribution in [3.8, 4) is 0 Å². The molecule has 0 N–H and O–H groups in total. The van der Waals surface area contributed by atoms with E-state index in [4.69, 9.17) is 0 Å². The highest BCUT2D eigenvalue weighted by molar-refractivity contribution is 5.82. The van der Waals surface area contributed by atoms with Gasteiger partial charge in [-0.1, -0.05) is 18.2 Å². The molecule has 1 spiro atoms. The predicted molar refractivity (Wildman–Crippen MR) is 124 cm³/mol. The highest BCUT2D eigenvalue weighted by Gasteiger charge is 2.48. The second kappa shape index (κ2) is 8.40. The number of rotatable bonds is 4. The van der Waals surface area contributed by atoms with E-state index in [1.165, 1.54) is 16.7 Å². The first-order valence-corrected chi connectivity index (χ1v) is 11.5. The minimum absolute atomic E-state index is 0.0128. The lowest BCUT2D eigenvalue weighted by Crippen LogP contribution is -2.60. The summed E-state index contributed by atoms with van der Waals surface area (Å²) >= 11 is 0. The largest absolute Gasteiger partial charge is 0.347 e. The van der Waals surface area contributed by atoms with Gasteiger partial charge in [0.1, 0.15) is 6.04 Å². The number of fused-ring (bicyclic) bond motifs is 2. The van der Waals surface area contributed by atoms with E-state index in [1.807, 2.05) is 26.6 Å². The molecule has 31 heavy (non-hydrogen) atoms. The molecule has 1 amide bonds. The Labute approximate surface area is 186 Å². The molecular weight excluding hydrogens is 386 g/mol. The zero-order valence-electron chi connectivity index (χ0n) is 19.9. The molecular formula is C25H37N5O. The van der Waals surface area contributed by atoms with Crippen LogP contribution in [-0.2, 0) is 16.9 Å². The van der Waals surface area contributed by atoms with Crippen LogP contribution in [0.5, 0.6) is 0 Å². The Balaban J connectivity index is 1.56. The number of amides is 1. The minimum atomic E-state index is -0.253. The second-order valence-electron chi connectivity index (χ2n) is 10.0. The van der Waals surface area contributed by atoms with Crippen molar-refractivity contribution in [2.75, 3.05) is 33.7 Å². The maximum absolute atomic E-state index is 13.1. The number of piperidine rings is 1. The Morgan fingerprint density at radius 3 is 2.52 bits per heavy atom. The molecule has 1 unspecified atom stereocenters. The molecule has 1 aromatic heterocycles. The van der Waals surface area contributed by atoms with Crippen LogP contribution in [0.3, 0.4) is 0 Å². The molecule has 0 bridgehead atoms. The molecule has 2 aromatic rings. The third-order valence-electron chi connectivity index (χ3n) is 7.37. The Kier molecular flexibility index (Phi) is 5.97. The molecule has 3 heterocycles. The van der Waals surface area contributed by atoms with E-state index in [-0.39, 0.29) is 17.5 Å². The van der Waals surface area contributed by atoms with Gasteiger partial charge in [0, 0.05) is 46.3 Å². The van der Waals surface area contributed by atoms with E-state index in [1.54, 1.807) is 4.90 Å². The third kappa shape index (κ3) is 4.03. The van der Waals surface area contributed by atoms with Crippen LogP contribution >= 0.6 is 0 Å². The smallest absolute Gasteiger partial charge is 0.245 e. The summed E-state index contributed by atoms with van der Waals surface area (Å²) in [6.07, 6.45) is 6.02. The molecule has 2 aliphatic heterocycles. The molecule has 1 saturated heterocycles. The number of aromatic nitrogens is 2. The number of aryl methyl sites for hydroxylation is 2. The Hall–Kier alpha value is -2.18. The monoisotopic (exact) mass is 423 g/mol. The predicted octanol–water partition coefficient (Wildman–Crippen LogP) is 3.34. The third-order valence-corrected chi connectivity index (χ3v) is 7.37. The minimum Gasteiger partial charge on any atom is -0.347 e. The normalized spacial score (nSPS) is 21.5. The lowest BCUT2D eigenvalue weighted by Gasteiger charge is -2.52. The zero-order valence-corrected chi connectivity index (χ0v) is 19.9. The summed E-state index contributed by atoms with van der Waals surface area (Å²) in [4.78, 5) is 24.3. The van der Waals surface area contributed by atoms with Gasteiger partial charge in [0.05, 0.1) is 23.8 Å². The quantitative estimate of drug-likeness (QED) is 0.757. The fraction of sp³-hybridized carbons (Fsp3) is 0.600. The lowest BCUT2D eigenvalue weighted by molar-refractivity contribution is -0.138. The van der Waals surface area contributed by atoms with Crippen LogP contribution in [0, 0.1) is 13.8 Å². The first-order valence-electron chi connectivity index (χ1n) is 11.5. The first-order chi connectivity index (χ1) is 14.7. The topological polar surface area (TPSA) is 44.6 Å². The number of hydrogen-bond acceptors (Lipinski definition) is 4. The van der Waals surface area contributed by atoms with Crippen molar-refractivity contribution in [2.24, 2.45) is 0 Å². The maximum Gasteiger partial charge on any atom is 0.245 e. The molecule has 0 saturated carbocycles. The van der Waals surface area contributed by atoms with E-state index in [0.717, 1.165) is 44.7 Å². The molecule has 0 aliphatic carbocycles. The van der Waals surface area contributed by atoms with Crippen LogP contribution in [0.25, 0.3) is 0 Å². The fourth-order valence-electron chi connectivity index (χ4n) is 5.26. The van der Waals surface area contributed by atoms with E-state index in [2.05, 4.69) is 65.2 Å². The van der Waals surface area contributed by atoms with Gasteiger partial charge in [-0.3, -0.25) is 14.6 Å². The number of carbonyl (C=O) groups excluding carboxylic acids is 1. The number of nitrogens with zero attached hydrogens (tertiary/aromatic N) is 5. The molecule has 1 fully saturated rings. The molecule has 1 atom stereocenters. The number of likely N-dealkylation sites (tertiary alicyclic amines) is 1. The van der Waals surface area contributed by atoms with Crippen molar-refractivity contribution < 1.29 is 4.79 Å². The van der Waals surface area contributed by atoms with Gasteiger partial charge in [0.15, 0.2) is 0 Å². The summed E-state index contributed by atoms with van der Waals surface area (Å²) < 4.78 is 2.34. The van der Waals surface area contributed by atoms with Crippen LogP contribution in [0.1, 0.15) is 55.1 Å². The van der Waals surface area contributed by atoms with Gasteiger partial charge in [-0.15, -0.1) is 0 Å².